The lowest BCUT2D eigenvalue weighted by molar-refractivity contribution is -0.142. The minimum absolute atomic E-state index is 0.155. The summed E-state index contributed by atoms with van der Waals surface area (Å²) in [6.45, 7) is 0.638. The van der Waals surface area contributed by atoms with E-state index in [4.69, 9.17) is 5.11 Å². The van der Waals surface area contributed by atoms with Crippen LogP contribution in [0.25, 0.3) is 0 Å². The van der Waals surface area contributed by atoms with Gasteiger partial charge in [-0.25, -0.2) is 12.7 Å². The van der Waals surface area contributed by atoms with Crippen molar-refractivity contribution >= 4 is 16.0 Å². The van der Waals surface area contributed by atoms with Crippen LogP contribution in [0.1, 0.15) is 51.4 Å². The first-order chi connectivity index (χ1) is 9.49. The summed E-state index contributed by atoms with van der Waals surface area (Å²) in [6, 6.07) is 0. The molecule has 1 saturated heterocycles. The maximum atomic E-state index is 12.3. The quantitative estimate of drug-likeness (QED) is 0.844. The SMILES string of the molecule is O=C(O)C1CCCN(S(=O)(=O)CCC2CCCCC2)C1. The highest BCUT2D eigenvalue weighted by molar-refractivity contribution is 7.89. The Kier molecular flexibility index (Phi) is 5.43. The highest BCUT2D eigenvalue weighted by Gasteiger charge is 2.32. The largest absolute Gasteiger partial charge is 0.481 e. The van der Waals surface area contributed by atoms with E-state index in [9.17, 15) is 13.2 Å². The van der Waals surface area contributed by atoms with Crippen molar-refractivity contribution in [1.29, 1.82) is 0 Å². The molecule has 2 fully saturated rings. The highest BCUT2D eigenvalue weighted by Crippen LogP contribution is 2.27. The molecule has 5 nitrogen and oxygen atoms in total. The molecule has 1 saturated carbocycles. The molecule has 0 aromatic heterocycles. The minimum atomic E-state index is -3.28. The van der Waals surface area contributed by atoms with E-state index in [1.54, 1.807) is 0 Å². The van der Waals surface area contributed by atoms with Gasteiger partial charge in [0.05, 0.1) is 11.7 Å². The molecule has 0 aromatic rings. The van der Waals surface area contributed by atoms with Crippen molar-refractivity contribution < 1.29 is 18.3 Å². The summed E-state index contributed by atoms with van der Waals surface area (Å²) in [5, 5.41) is 9.03. The predicted molar refractivity (Wildman–Crippen MR) is 76.9 cm³/mol. The van der Waals surface area contributed by atoms with Gasteiger partial charge in [-0.05, 0) is 25.2 Å². The fourth-order valence-electron chi connectivity index (χ4n) is 3.32. The van der Waals surface area contributed by atoms with Gasteiger partial charge < -0.3 is 5.11 Å². The second kappa shape index (κ2) is 6.89. The standard InChI is InChI=1S/C14H25NO4S/c16-14(17)13-7-4-9-15(11-13)20(18,19)10-8-12-5-2-1-3-6-12/h12-13H,1-11H2,(H,16,17). The zero-order chi connectivity index (χ0) is 14.6. The number of hydrogen-bond donors (Lipinski definition) is 1. The van der Waals surface area contributed by atoms with Gasteiger partial charge in [-0.15, -0.1) is 0 Å². The normalized spacial score (nSPS) is 26.5. The Morgan fingerprint density at radius 3 is 2.45 bits per heavy atom. The zero-order valence-electron chi connectivity index (χ0n) is 12.0. The third-order valence-corrected chi connectivity index (χ3v) is 6.51. The first kappa shape index (κ1) is 15.8. The number of carboxylic acids is 1. The van der Waals surface area contributed by atoms with Crippen molar-refractivity contribution in [2.24, 2.45) is 11.8 Å². The van der Waals surface area contributed by atoms with E-state index in [1.807, 2.05) is 0 Å². The first-order valence-corrected chi connectivity index (χ1v) is 9.30. The van der Waals surface area contributed by atoms with Gasteiger partial charge in [0.15, 0.2) is 0 Å². The van der Waals surface area contributed by atoms with Crippen molar-refractivity contribution in [2.45, 2.75) is 51.4 Å². The smallest absolute Gasteiger partial charge is 0.307 e. The van der Waals surface area contributed by atoms with E-state index < -0.39 is 21.9 Å². The molecular weight excluding hydrogens is 278 g/mol. The molecule has 1 N–H and O–H groups in total. The fraction of sp³-hybridized carbons (Fsp3) is 0.929. The second-order valence-electron chi connectivity index (χ2n) is 6.14. The summed E-state index contributed by atoms with van der Waals surface area (Å²) in [5.74, 6) is -0.687. The van der Waals surface area contributed by atoms with Crippen molar-refractivity contribution in [3.63, 3.8) is 0 Å². The van der Waals surface area contributed by atoms with Crippen LogP contribution in [-0.2, 0) is 14.8 Å². The number of aliphatic carboxylic acids is 1. The molecular formula is C14H25NO4S. The van der Waals surface area contributed by atoms with E-state index in [1.165, 1.54) is 23.6 Å². The van der Waals surface area contributed by atoms with E-state index >= 15 is 0 Å². The molecule has 0 spiro atoms. The lowest BCUT2D eigenvalue weighted by atomic mass is 9.88. The zero-order valence-corrected chi connectivity index (χ0v) is 12.8. The monoisotopic (exact) mass is 303 g/mol. The third kappa shape index (κ3) is 4.19. The second-order valence-corrected chi connectivity index (χ2v) is 8.23. The summed E-state index contributed by atoms with van der Waals surface area (Å²) in [6.07, 6.45) is 7.97. The summed E-state index contributed by atoms with van der Waals surface area (Å²) in [4.78, 5) is 11.0. The molecule has 2 aliphatic rings. The molecule has 6 heteroatoms. The molecule has 1 unspecified atom stereocenters. The van der Waals surface area contributed by atoms with Crippen LogP contribution >= 0.6 is 0 Å². The van der Waals surface area contributed by atoms with Crippen LogP contribution in [0.5, 0.6) is 0 Å². The van der Waals surface area contributed by atoms with Crippen molar-refractivity contribution in [3.8, 4) is 0 Å². The molecule has 1 atom stereocenters. The van der Waals surface area contributed by atoms with Crippen molar-refractivity contribution in [2.75, 3.05) is 18.8 Å². The lowest BCUT2D eigenvalue weighted by Crippen LogP contribution is -2.43. The molecule has 1 aliphatic carbocycles. The van der Waals surface area contributed by atoms with Gasteiger partial charge in [-0.1, -0.05) is 32.1 Å². The Morgan fingerprint density at radius 1 is 1.10 bits per heavy atom. The molecule has 0 amide bonds. The van der Waals surface area contributed by atoms with Crippen LogP contribution in [0.2, 0.25) is 0 Å². The Labute approximate surface area is 121 Å². The molecule has 0 radical (unpaired) electrons. The number of sulfonamides is 1. The maximum Gasteiger partial charge on any atom is 0.307 e. The predicted octanol–water partition coefficient (Wildman–Crippen LogP) is 2.08. The molecule has 20 heavy (non-hydrogen) atoms. The molecule has 1 heterocycles. The molecule has 0 aromatic carbocycles. The summed E-state index contributed by atoms with van der Waals surface area (Å²) < 4.78 is 26.1. The van der Waals surface area contributed by atoms with Crippen LogP contribution in [0.4, 0.5) is 0 Å². The van der Waals surface area contributed by atoms with Gasteiger partial charge in [0, 0.05) is 13.1 Å². The van der Waals surface area contributed by atoms with Crippen LogP contribution in [0, 0.1) is 11.8 Å². The number of nitrogens with zero attached hydrogens (tertiary/aromatic N) is 1. The minimum Gasteiger partial charge on any atom is -0.481 e. The Bertz CT molecular complexity index is 428. The van der Waals surface area contributed by atoms with E-state index in [-0.39, 0.29) is 12.3 Å². The molecule has 116 valence electrons. The van der Waals surface area contributed by atoms with E-state index in [2.05, 4.69) is 0 Å². The summed E-state index contributed by atoms with van der Waals surface area (Å²) >= 11 is 0. The van der Waals surface area contributed by atoms with E-state index in [0.29, 0.717) is 25.3 Å². The van der Waals surface area contributed by atoms with Crippen molar-refractivity contribution in [3.05, 3.63) is 0 Å². The summed E-state index contributed by atoms with van der Waals surface area (Å²) in [7, 11) is -3.28. The first-order valence-electron chi connectivity index (χ1n) is 7.69. The molecule has 0 bridgehead atoms. The average Bonchev–Trinajstić information content (AvgIpc) is 2.46. The summed E-state index contributed by atoms with van der Waals surface area (Å²) in [5.41, 5.74) is 0. The molecule has 2 rings (SSSR count). The van der Waals surface area contributed by atoms with Crippen LogP contribution in [-0.4, -0.2) is 42.6 Å². The van der Waals surface area contributed by atoms with Gasteiger partial charge in [-0.2, -0.15) is 0 Å². The van der Waals surface area contributed by atoms with Gasteiger partial charge in [0.25, 0.3) is 0 Å². The molecule has 1 aliphatic heterocycles. The Balaban J connectivity index is 1.87. The number of carboxylic acid groups (broad SMARTS) is 1. The fourth-order valence-corrected chi connectivity index (χ4v) is 5.02. The maximum absolute atomic E-state index is 12.3. The topological polar surface area (TPSA) is 74.7 Å². The Morgan fingerprint density at radius 2 is 1.80 bits per heavy atom. The number of rotatable bonds is 5. The van der Waals surface area contributed by atoms with Gasteiger partial charge in [-0.3, -0.25) is 4.79 Å². The third-order valence-electron chi connectivity index (χ3n) is 4.64. The average molecular weight is 303 g/mol. The van der Waals surface area contributed by atoms with Crippen LogP contribution in [0.3, 0.4) is 0 Å². The number of piperidine rings is 1. The lowest BCUT2D eigenvalue weighted by Gasteiger charge is -2.30. The van der Waals surface area contributed by atoms with Gasteiger partial charge >= 0.3 is 5.97 Å². The number of hydrogen-bond acceptors (Lipinski definition) is 3. The highest BCUT2D eigenvalue weighted by atomic mass is 32.2. The van der Waals surface area contributed by atoms with Crippen molar-refractivity contribution in [1.82, 2.24) is 4.31 Å². The Hall–Kier alpha value is -0.620. The van der Waals surface area contributed by atoms with Crippen LogP contribution < -0.4 is 0 Å². The number of carbonyl (C=O) groups is 1. The van der Waals surface area contributed by atoms with Gasteiger partial charge in [0.1, 0.15) is 0 Å². The van der Waals surface area contributed by atoms with E-state index in [0.717, 1.165) is 19.3 Å². The van der Waals surface area contributed by atoms with Gasteiger partial charge in [0.2, 0.25) is 10.0 Å². The van der Waals surface area contributed by atoms with Crippen LogP contribution in [0.15, 0.2) is 0 Å².